The van der Waals surface area contributed by atoms with Gasteiger partial charge in [0.15, 0.2) is 0 Å². The fraction of sp³-hybridized carbons (Fsp3) is 0.154. The molecule has 0 aliphatic carbocycles. The molecular weight excluding hydrogens is 264 g/mol. The van der Waals surface area contributed by atoms with E-state index in [0.717, 1.165) is 11.1 Å². The van der Waals surface area contributed by atoms with Crippen LogP contribution >= 0.6 is 0 Å². The summed E-state index contributed by atoms with van der Waals surface area (Å²) in [5.41, 5.74) is 1.78. The number of nitrogens with zero attached hydrogens (tertiary/aromatic N) is 1. The quantitative estimate of drug-likeness (QED) is 0.889. The van der Waals surface area contributed by atoms with Gasteiger partial charge in [0.05, 0.1) is 4.90 Å². The molecule has 100 valence electrons. The summed E-state index contributed by atoms with van der Waals surface area (Å²) in [6.07, 6.45) is 3.29. The Morgan fingerprint density at radius 1 is 1.32 bits per heavy atom. The Bertz CT molecular complexity index is 684. The van der Waals surface area contributed by atoms with Crippen LogP contribution in [-0.2, 0) is 16.6 Å². The van der Waals surface area contributed by atoms with Crippen LogP contribution in [0.25, 0.3) is 0 Å². The van der Waals surface area contributed by atoms with E-state index in [2.05, 4.69) is 9.71 Å². The van der Waals surface area contributed by atoms with Crippen LogP contribution in [0.15, 0.2) is 47.6 Å². The number of aryl methyl sites for hydroxylation is 1. The van der Waals surface area contributed by atoms with E-state index < -0.39 is 10.0 Å². The zero-order valence-corrected chi connectivity index (χ0v) is 11.2. The maximum absolute atomic E-state index is 12.0. The number of aromatic nitrogens is 1. The van der Waals surface area contributed by atoms with Crippen LogP contribution in [0.5, 0.6) is 5.75 Å². The van der Waals surface area contributed by atoms with Crippen molar-refractivity contribution in [2.24, 2.45) is 0 Å². The van der Waals surface area contributed by atoms with Crippen molar-refractivity contribution in [3.05, 3.63) is 53.9 Å². The smallest absolute Gasteiger partial charge is 0.241 e. The van der Waals surface area contributed by atoms with Crippen molar-refractivity contribution < 1.29 is 13.5 Å². The second-order valence-electron chi connectivity index (χ2n) is 4.12. The van der Waals surface area contributed by atoms with E-state index in [4.69, 9.17) is 0 Å². The second kappa shape index (κ2) is 5.38. The summed E-state index contributed by atoms with van der Waals surface area (Å²) >= 11 is 0. The minimum absolute atomic E-state index is 0.0409. The van der Waals surface area contributed by atoms with Crippen molar-refractivity contribution >= 4 is 10.0 Å². The maximum Gasteiger partial charge on any atom is 0.241 e. The van der Waals surface area contributed by atoms with Gasteiger partial charge in [-0.25, -0.2) is 13.1 Å². The minimum Gasteiger partial charge on any atom is -0.508 e. The van der Waals surface area contributed by atoms with Gasteiger partial charge in [-0.05, 0) is 42.3 Å². The molecule has 2 N–H and O–H groups in total. The minimum atomic E-state index is -3.63. The number of sulfonamides is 1. The Balaban J connectivity index is 2.17. The Morgan fingerprint density at radius 2 is 2.11 bits per heavy atom. The van der Waals surface area contributed by atoms with Crippen LogP contribution in [0.2, 0.25) is 0 Å². The molecule has 0 spiro atoms. The molecule has 2 aromatic rings. The third-order valence-corrected chi connectivity index (χ3v) is 4.12. The van der Waals surface area contributed by atoms with Gasteiger partial charge >= 0.3 is 0 Å². The lowest BCUT2D eigenvalue weighted by Crippen LogP contribution is -2.23. The summed E-state index contributed by atoms with van der Waals surface area (Å²) < 4.78 is 26.6. The molecule has 0 aliphatic rings. The van der Waals surface area contributed by atoms with E-state index in [9.17, 15) is 13.5 Å². The molecule has 1 heterocycles. The van der Waals surface area contributed by atoms with Crippen molar-refractivity contribution in [3.63, 3.8) is 0 Å². The zero-order chi connectivity index (χ0) is 13.9. The van der Waals surface area contributed by atoms with Crippen LogP contribution in [0, 0.1) is 6.92 Å². The van der Waals surface area contributed by atoms with E-state index in [1.54, 1.807) is 18.5 Å². The van der Waals surface area contributed by atoms with Gasteiger partial charge in [-0.1, -0.05) is 6.07 Å². The van der Waals surface area contributed by atoms with E-state index in [0.29, 0.717) is 0 Å². The molecular formula is C13H14N2O3S. The molecule has 0 aliphatic heterocycles. The summed E-state index contributed by atoms with van der Waals surface area (Å²) in [6, 6.07) is 7.32. The normalized spacial score (nSPS) is 11.4. The van der Waals surface area contributed by atoms with Gasteiger partial charge < -0.3 is 5.11 Å². The summed E-state index contributed by atoms with van der Waals surface area (Å²) in [7, 11) is -3.63. The number of hydrogen-bond acceptors (Lipinski definition) is 4. The molecule has 0 saturated carbocycles. The standard InChI is InChI=1S/C13H14N2O3S/c1-10-8-14-6-5-11(10)9-15-19(17,18)13-4-2-3-12(16)7-13/h2-8,15-16H,9H2,1H3. The molecule has 0 bridgehead atoms. The molecule has 6 heteroatoms. The van der Waals surface area contributed by atoms with Crippen LogP contribution in [-0.4, -0.2) is 18.5 Å². The number of phenolic OH excluding ortho intramolecular Hbond substituents is 1. The average Bonchev–Trinajstić information content (AvgIpc) is 2.38. The van der Waals surface area contributed by atoms with Gasteiger partial charge in [0.1, 0.15) is 5.75 Å². The number of pyridine rings is 1. The Morgan fingerprint density at radius 3 is 2.79 bits per heavy atom. The second-order valence-corrected chi connectivity index (χ2v) is 5.89. The first-order chi connectivity index (χ1) is 8.99. The van der Waals surface area contributed by atoms with Crippen LogP contribution in [0.1, 0.15) is 11.1 Å². The molecule has 1 aromatic carbocycles. The molecule has 2 rings (SSSR count). The highest BCUT2D eigenvalue weighted by molar-refractivity contribution is 7.89. The first-order valence-electron chi connectivity index (χ1n) is 5.67. The monoisotopic (exact) mass is 278 g/mol. The van der Waals surface area contributed by atoms with Gasteiger partial charge in [0.2, 0.25) is 10.0 Å². The predicted octanol–water partition coefficient (Wildman–Crippen LogP) is 1.57. The van der Waals surface area contributed by atoms with Crippen LogP contribution in [0.3, 0.4) is 0 Å². The van der Waals surface area contributed by atoms with Gasteiger partial charge in [0, 0.05) is 18.9 Å². The highest BCUT2D eigenvalue weighted by Crippen LogP contribution is 2.16. The predicted molar refractivity (Wildman–Crippen MR) is 71.1 cm³/mol. The largest absolute Gasteiger partial charge is 0.508 e. The van der Waals surface area contributed by atoms with Gasteiger partial charge in [0.25, 0.3) is 0 Å². The number of aromatic hydroxyl groups is 1. The van der Waals surface area contributed by atoms with Crippen molar-refractivity contribution in [1.82, 2.24) is 9.71 Å². The number of nitrogens with one attached hydrogen (secondary N) is 1. The molecule has 5 nitrogen and oxygen atoms in total. The van der Waals surface area contributed by atoms with Gasteiger partial charge in [-0.3, -0.25) is 4.98 Å². The molecule has 0 saturated heterocycles. The van der Waals surface area contributed by atoms with E-state index in [1.807, 2.05) is 6.92 Å². The van der Waals surface area contributed by atoms with Crippen molar-refractivity contribution in [1.29, 1.82) is 0 Å². The molecule has 0 amide bonds. The van der Waals surface area contributed by atoms with Crippen molar-refractivity contribution in [2.75, 3.05) is 0 Å². The Labute approximate surface area is 112 Å². The number of phenols is 1. The lowest BCUT2D eigenvalue weighted by atomic mass is 10.2. The van der Waals surface area contributed by atoms with Crippen LogP contribution < -0.4 is 4.72 Å². The van der Waals surface area contributed by atoms with Crippen molar-refractivity contribution in [2.45, 2.75) is 18.4 Å². The first-order valence-corrected chi connectivity index (χ1v) is 7.15. The third-order valence-electron chi connectivity index (χ3n) is 2.72. The first kappa shape index (κ1) is 13.5. The highest BCUT2D eigenvalue weighted by atomic mass is 32.2. The molecule has 0 radical (unpaired) electrons. The maximum atomic E-state index is 12.0. The molecule has 0 unspecified atom stereocenters. The summed E-state index contributed by atoms with van der Waals surface area (Å²) in [4.78, 5) is 3.99. The van der Waals surface area contributed by atoms with E-state index in [-0.39, 0.29) is 17.2 Å². The number of benzene rings is 1. The number of rotatable bonds is 4. The Hall–Kier alpha value is -1.92. The van der Waals surface area contributed by atoms with Crippen LogP contribution in [0.4, 0.5) is 0 Å². The highest BCUT2D eigenvalue weighted by Gasteiger charge is 2.14. The third kappa shape index (κ3) is 3.30. The molecule has 1 aromatic heterocycles. The molecule has 0 atom stereocenters. The molecule has 0 fully saturated rings. The van der Waals surface area contributed by atoms with E-state index in [1.165, 1.54) is 24.3 Å². The average molecular weight is 278 g/mol. The summed E-state index contributed by atoms with van der Waals surface area (Å²) in [5.74, 6) is -0.0806. The molecule has 19 heavy (non-hydrogen) atoms. The topological polar surface area (TPSA) is 79.3 Å². The van der Waals surface area contributed by atoms with Gasteiger partial charge in [-0.2, -0.15) is 0 Å². The summed E-state index contributed by atoms with van der Waals surface area (Å²) in [6.45, 7) is 2.05. The summed E-state index contributed by atoms with van der Waals surface area (Å²) in [5, 5.41) is 9.31. The van der Waals surface area contributed by atoms with Crippen molar-refractivity contribution in [3.8, 4) is 5.75 Å². The lowest BCUT2D eigenvalue weighted by Gasteiger charge is -2.08. The van der Waals surface area contributed by atoms with Gasteiger partial charge in [-0.15, -0.1) is 0 Å². The van der Waals surface area contributed by atoms with E-state index >= 15 is 0 Å². The Kier molecular flexibility index (Phi) is 3.82. The fourth-order valence-electron chi connectivity index (χ4n) is 1.61. The lowest BCUT2D eigenvalue weighted by molar-refractivity contribution is 0.473. The number of hydrogen-bond donors (Lipinski definition) is 2. The SMILES string of the molecule is Cc1cnccc1CNS(=O)(=O)c1cccc(O)c1. The fourth-order valence-corrected chi connectivity index (χ4v) is 2.65. The zero-order valence-electron chi connectivity index (χ0n) is 10.4.